The van der Waals surface area contributed by atoms with Crippen LogP contribution in [0.15, 0.2) is 40.3 Å². The number of Topliss-reactive ketones (excluding diaryl/α,β-unsaturated/α-hetero) is 1. The number of aryl methyl sites for hydroxylation is 1. The van der Waals surface area contributed by atoms with Crippen molar-refractivity contribution in [3.05, 3.63) is 57.6 Å². The normalized spacial score (nSPS) is 11.1. The van der Waals surface area contributed by atoms with Crippen LogP contribution in [0.4, 0.5) is 0 Å². The summed E-state index contributed by atoms with van der Waals surface area (Å²) in [5.41, 5.74) is 3.27. The Morgan fingerprint density at radius 3 is 2.75 bits per heavy atom. The van der Waals surface area contributed by atoms with Crippen LogP contribution in [0.2, 0.25) is 0 Å². The molecule has 3 rings (SSSR count). The Bertz CT molecular complexity index is 972. The number of rotatable bonds is 5. The first-order valence-electron chi connectivity index (χ1n) is 7.83. The van der Waals surface area contributed by atoms with E-state index in [0.29, 0.717) is 16.1 Å². The zero-order valence-electron chi connectivity index (χ0n) is 13.9. The number of para-hydroxylation sites is 1. The van der Waals surface area contributed by atoms with Crippen molar-refractivity contribution in [1.29, 1.82) is 0 Å². The molecule has 24 heavy (non-hydrogen) atoms. The van der Waals surface area contributed by atoms with Crippen LogP contribution in [0.25, 0.3) is 10.9 Å². The number of ketones is 1. The first kappa shape index (κ1) is 16.5. The van der Waals surface area contributed by atoms with Gasteiger partial charge < -0.3 is 9.55 Å². The van der Waals surface area contributed by atoms with Gasteiger partial charge in [-0.3, -0.25) is 9.59 Å². The predicted molar refractivity (Wildman–Crippen MR) is 97.0 cm³/mol. The number of hydrogen-bond donors (Lipinski definition) is 1. The van der Waals surface area contributed by atoms with Gasteiger partial charge in [0.2, 0.25) is 0 Å². The van der Waals surface area contributed by atoms with Crippen LogP contribution in [0.5, 0.6) is 0 Å². The minimum absolute atomic E-state index is 0.0450. The minimum atomic E-state index is -0.181. The molecule has 0 saturated heterocycles. The van der Waals surface area contributed by atoms with Gasteiger partial charge in [0.1, 0.15) is 0 Å². The van der Waals surface area contributed by atoms with Gasteiger partial charge in [-0.25, -0.2) is 4.98 Å². The molecule has 1 aromatic carbocycles. The van der Waals surface area contributed by atoms with Crippen molar-refractivity contribution in [1.82, 2.24) is 14.5 Å². The predicted octanol–water partition coefficient (Wildman–Crippen LogP) is 3.34. The molecule has 0 spiro atoms. The lowest BCUT2D eigenvalue weighted by Gasteiger charge is -2.06. The van der Waals surface area contributed by atoms with Gasteiger partial charge in [-0.05, 0) is 39.0 Å². The molecular formula is C18H19N3O2S. The van der Waals surface area contributed by atoms with E-state index in [0.717, 1.165) is 23.5 Å². The Kier molecular flexibility index (Phi) is 4.57. The molecule has 2 aromatic heterocycles. The lowest BCUT2D eigenvalue weighted by atomic mass is 10.2. The topological polar surface area (TPSA) is 67.8 Å². The molecule has 3 aromatic rings. The molecule has 0 aliphatic carbocycles. The van der Waals surface area contributed by atoms with Gasteiger partial charge in [-0.15, -0.1) is 0 Å². The highest BCUT2D eigenvalue weighted by atomic mass is 32.2. The van der Waals surface area contributed by atoms with E-state index in [-0.39, 0.29) is 17.1 Å². The average Bonchev–Trinajstić information content (AvgIpc) is 2.86. The summed E-state index contributed by atoms with van der Waals surface area (Å²) in [5.74, 6) is 0.290. The fourth-order valence-electron chi connectivity index (χ4n) is 2.91. The van der Waals surface area contributed by atoms with Gasteiger partial charge in [0.25, 0.3) is 5.56 Å². The zero-order chi connectivity index (χ0) is 17.3. The first-order chi connectivity index (χ1) is 11.5. The molecule has 0 bridgehead atoms. The van der Waals surface area contributed by atoms with E-state index < -0.39 is 0 Å². The lowest BCUT2D eigenvalue weighted by molar-refractivity contribution is 0.102. The van der Waals surface area contributed by atoms with Crippen molar-refractivity contribution in [3.8, 4) is 0 Å². The Hall–Kier alpha value is -2.34. The second-order valence-corrected chi connectivity index (χ2v) is 6.59. The summed E-state index contributed by atoms with van der Waals surface area (Å²) in [7, 11) is 0. The van der Waals surface area contributed by atoms with Gasteiger partial charge in [0.05, 0.1) is 16.7 Å². The van der Waals surface area contributed by atoms with Crippen molar-refractivity contribution in [3.63, 3.8) is 0 Å². The van der Waals surface area contributed by atoms with E-state index in [9.17, 15) is 9.59 Å². The number of carbonyl (C=O) groups excluding carboxylic acids is 1. The highest BCUT2D eigenvalue weighted by Crippen LogP contribution is 2.20. The maximum absolute atomic E-state index is 12.5. The summed E-state index contributed by atoms with van der Waals surface area (Å²) in [6.45, 7) is 6.87. The first-order valence-corrected chi connectivity index (χ1v) is 8.81. The molecule has 124 valence electrons. The number of nitrogens with one attached hydrogen (secondary N) is 1. The van der Waals surface area contributed by atoms with E-state index in [1.165, 1.54) is 11.8 Å². The number of thioether (sulfide) groups is 1. The second-order valence-electron chi connectivity index (χ2n) is 5.63. The molecule has 0 atom stereocenters. The van der Waals surface area contributed by atoms with Crippen molar-refractivity contribution >= 4 is 28.4 Å². The summed E-state index contributed by atoms with van der Waals surface area (Å²) < 4.78 is 2.12. The lowest BCUT2D eigenvalue weighted by Crippen LogP contribution is -2.11. The Morgan fingerprint density at radius 2 is 2.04 bits per heavy atom. The summed E-state index contributed by atoms with van der Waals surface area (Å²) in [6, 6.07) is 9.11. The van der Waals surface area contributed by atoms with Gasteiger partial charge in [-0.2, -0.15) is 0 Å². The summed E-state index contributed by atoms with van der Waals surface area (Å²) in [5, 5.41) is 1.02. The van der Waals surface area contributed by atoms with Gasteiger partial charge >= 0.3 is 0 Å². The molecule has 0 aliphatic heterocycles. The van der Waals surface area contributed by atoms with Crippen LogP contribution in [-0.2, 0) is 6.54 Å². The Balaban J connectivity index is 1.81. The molecule has 0 fully saturated rings. The Labute approximate surface area is 144 Å². The SMILES string of the molecule is CCn1c(C)cc(C(=O)CSc2nc3ccccc3c(=O)[nH]2)c1C. The van der Waals surface area contributed by atoms with Crippen LogP contribution in [-0.4, -0.2) is 26.1 Å². The fourth-order valence-corrected chi connectivity index (χ4v) is 3.67. The van der Waals surface area contributed by atoms with Gasteiger partial charge in [-0.1, -0.05) is 23.9 Å². The fraction of sp³-hybridized carbons (Fsp3) is 0.278. The highest BCUT2D eigenvalue weighted by Gasteiger charge is 2.16. The summed E-state index contributed by atoms with van der Waals surface area (Å²) in [6.07, 6.45) is 0. The number of carbonyl (C=O) groups is 1. The van der Waals surface area contributed by atoms with Gasteiger partial charge in [0, 0.05) is 23.5 Å². The molecule has 5 nitrogen and oxygen atoms in total. The number of aromatic amines is 1. The largest absolute Gasteiger partial charge is 0.349 e. The second kappa shape index (κ2) is 6.65. The maximum atomic E-state index is 12.5. The molecule has 0 aliphatic rings. The molecule has 0 saturated carbocycles. The highest BCUT2D eigenvalue weighted by molar-refractivity contribution is 7.99. The quantitative estimate of drug-likeness (QED) is 0.439. The molecule has 6 heteroatoms. The van der Waals surface area contributed by atoms with E-state index in [1.54, 1.807) is 18.2 Å². The number of fused-ring (bicyclic) bond motifs is 1. The van der Waals surface area contributed by atoms with E-state index in [2.05, 4.69) is 21.5 Å². The van der Waals surface area contributed by atoms with Crippen molar-refractivity contribution in [2.24, 2.45) is 0 Å². The van der Waals surface area contributed by atoms with Crippen LogP contribution >= 0.6 is 11.8 Å². The standard InChI is InChI=1S/C18H19N3O2S/c1-4-21-11(2)9-14(12(21)3)16(22)10-24-18-19-15-8-6-5-7-13(15)17(23)20-18/h5-9H,4,10H2,1-3H3,(H,19,20,23). The van der Waals surface area contributed by atoms with Crippen molar-refractivity contribution in [2.75, 3.05) is 5.75 Å². The third-order valence-corrected chi connectivity index (χ3v) is 4.99. The molecule has 0 radical (unpaired) electrons. The smallest absolute Gasteiger partial charge is 0.259 e. The molecule has 0 amide bonds. The number of nitrogens with zero attached hydrogens (tertiary/aromatic N) is 2. The summed E-state index contributed by atoms with van der Waals surface area (Å²) >= 11 is 1.26. The molecular weight excluding hydrogens is 322 g/mol. The monoisotopic (exact) mass is 341 g/mol. The molecule has 1 N–H and O–H groups in total. The number of benzene rings is 1. The third kappa shape index (κ3) is 3.01. The van der Waals surface area contributed by atoms with Crippen LogP contribution < -0.4 is 5.56 Å². The molecule has 0 unspecified atom stereocenters. The Morgan fingerprint density at radius 1 is 1.29 bits per heavy atom. The number of H-pyrrole nitrogens is 1. The van der Waals surface area contributed by atoms with Gasteiger partial charge in [0.15, 0.2) is 10.9 Å². The average molecular weight is 341 g/mol. The minimum Gasteiger partial charge on any atom is -0.349 e. The summed E-state index contributed by atoms with van der Waals surface area (Å²) in [4.78, 5) is 31.7. The van der Waals surface area contributed by atoms with E-state index in [4.69, 9.17) is 0 Å². The third-order valence-electron chi connectivity index (χ3n) is 4.12. The zero-order valence-corrected chi connectivity index (χ0v) is 14.7. The van der Waals surface area contributed by atoms with Crippen molar-refractivity contribution in [2.45, 2.75) is 32.5 Å². The molecule has 2 heterocycles. The van der Waals surface area contributed by atoms with Crippen molar-refractivity contribution < 1.29 is 4.79 Å². The number of aromatic nitrogens is 3. The number of hydrogen-bond acceptors (Lipinski definition) is 4. The van der Waals surface area contributed by atoms with E-state index >= 15 is 0 Å². The maximum Gasteiger partial charge on any atom is 0.259 e. The van der Waals surface area contributed by atoms with Crippen LogP contribution in [0.3, 0.4) is 0 Å². The van der Waals surface area contributed by atoms with Crippen LogP contribution in [0.1, 0.15) is 28.7 Å². The van der Waals surface area contributed by atoms with E-state index in [1.807, 2.05) is 26.0 Å². The van der Waals surface area contributed by atoms with Crippen LogP contribution in [0, 0.1) is 13.8 Å².